The molecule has 30 heavy (non-hydrogen) atoms. The minimum atomic E-state index is -0.154. The number of benzene rings is 3. The molecule has 4 rings (SSSR count). The average molecular weight is 527 g/mol. The van der Waals surface area contributed by atoms with Gasteiger partial charge in [0.05, 0.1) is 22.3 Å². The summed E-state index contributed by atoms with van der Waals surface area (Å²) in [5.41, 5.74) is 3.04. The molecular formula is C23H18IN3O2S. The number of nitrogens with zero attached hydrogens (tertiary/aromatic N) is 2. The molecule has 1 aromatic heterocycles. The van der Waals surface area contributed by atoms with Gasteiger partial charge in [-0.15, -0.1) is 0 Å². The Morgan fingerprint density at radius 3 is 2.47 bits per heavy atom. The van der Waals surface area contributed by atoms with Crippen molar-refractivity contribution in [2.45, 2.75) is 12.1 Å². The van der Waals surface area contributed by atoms with E-state index < -0.39 is 0 Å². The molecule has 1 amide bonds. The summed E-state index contributed by atoms with van der Waals surface area (Å²) >= 11 is 3.46. The number of rotatable bonds is 5. The summed E-state index contributed by atoms with van der Waals surface area (Å²) in [5.74, 6) is -0.0121. The molecule has 5 nitrogen and oxygen atoms in total. The van der Waals surface area contributed by atoms with Crippen molar-refractivity contribution in [2.24, 2.45) is 0 Å². The average Bonchev–Trinajstić information content (AvgIpc) is 2.75. The molecule has 7 heteroatoms. The monoisotopic (exact) mass is 527 g/mol. The summed E-state index contributed by atoms with van der Waals surface area (Å²) < 4.78 is 2.67. The Labute approximate surface area is 191 Å². The highest BCUT2D eigenvalue weighted by Crippen LogP contribution is 2.22. The molecule has 0 saturated heterocycles. The van der Waals surface area contributed by atoms with E-state index >= 15 is 0 Å². The normalized spacial score (nSPS) is 10.9. The van der Waals surface area contributed by atoms with Crippen molar-refractivity contribution in [3.63, 3.8) is 0 Å². The SMILES string of the molecule is Cc1ccc(-n2c(SCC(=O)Nc3ccc(I)cc3)nc3ccccc3c2=O)cc1. The number of nitrogens with one attached hydrogen (secondary N) is 1. The maximum Gasteiger partial charge on any atom is 0.266 e. The largest absolute Gasteiger partial charge is 0.325 e. The molecule has 3 aromatic carbocycles. The molecule has 0 aliphatic carbocycles. The van der Waals surface area contributed by atoms with Crippen LogP contribution in [0.5, 0.6) is 0 Å². The van der Waals surface area contributed by atoms with Crippen LogP contribution in [0.2, 0.25) is 0 Å². The minimum Gasteiger partial charge on any atom is -0.325 e. The van der Waals surface area contributed by atoms with Crippen molar-refractivity contribution >= 4 is 56.9 Å². The Balaban J connectivity index is 1.66. The first-order chi connectivity index (χ1) is 14.5. The molecule has 4 aromatic rings. The van der Waals surface area contributed by atoms with Gasteiger partial charge in [-0.1, -0.05) is 41.6 Å². The van der Waals surface area contributed by atoms with Gasteiger partial charge in [0.15, 0.2) is 5.16 Å². The van der Waals surface area contributed by atoms with E-state index in [9.17, 15) is 9.59 Å². The van der Waals surface area contributed by atoms with Crippen molar-refractivity contribution < 1.29 is 4.79 Å². The molecule has 1 heterocycles. The number of para-hydroxylation sites is 1. The predicted molar refractivity (Wildman–Crippen MR) is 131 cm³/mol. The van der Waals surface area contributed by atoms with Crippen LogP contribution in [-0.2, 0) is 4.79 Å². The van der Waals surface area contributed by atoms with Gasteiger partial charge in [0, 0.05) is 9.26 Å². The molecule has 0 unspecified atom stereocenters. The van der Waals surface area contributed by atoms with Crippen molar-refractivity contribution in [3.8, 4) is 5.69 Å². The molecule has 150 valence electrons. The Morgan fingerprint density at radius 1 is 1.03 bits per heavy atom. The van der Waals surface area contributed by atoms with E-state index in [1.807, 2.05) is 73.7 Å². The summed E-state index contributed by atoms with van der Waals surface area (Å²) in [6.45, 7) is 2.00. The molecule has 0 aliphatic heterocycles. The third-order valence-corrected chi connectivity index (χ3v) is 6.16. The summed E-state index contributed by atoms with van der Waals surface area (Å²) in [6.07, 6.45) is 0. The van der Waals surface area contributed by atoms with Crippen molar-refractivity contribution in [2.75, 3.05) is 11.1 Å². The highest BCUT2D eigenvalue weighted by Gasteiger charge is 2.15. The fraction of sp³-hybridized carbons (Fsp3) is 0.0870. The van der Waals surface area contributed by atoms with E-state index in [1.165, 1.54) is 11.8 Å². The standard InChI is InChI=1S/C23H18IN3O2S/c1-15-6-12-18(13-7-15)27-22(29)19-4-2-3-5-20(19)26-23(27)30-14-21(28)25-17-10-8-16(24)9-11-17/h2-13H,14H2,1H3,(H,25,28). The zero-order chi connectivity index (χ0) is 21.1. The number of halogens is 1. The molecule has 0 spiro atoms. The van der Waals surface area contributed by atoms with Crippen molar-refractivity contribution in [1.29, 1.82) is 0 Å². The Morgan fingerprint density at radius 2 is 1.73 bits per heavy atom. The van der Waals surface area contributed by atoms with Gasteiger partial charge in [0.2, 0.25) is 5.91 Å². The second-order valence-corrected chi connectivity index (χ2v) is 8.92. The lowest BCUT2D eigenvalue weighted by Gasteiger charge is -2.13. The number of thioether (sulfide) groups is 1. The Hall–Kier alpha value is -2.65. The number of carbonyl (C=O) groups excluding carboxylic acids is 1. The number of aryl methyl sites for hydroxylation is 1. The van der Waals surface area contributed by atoms with Gasteiger partial charge in [-0.05, 0) is 78.0 Å². The highest BCUT2D eigenvalue weighted by atomic mass is 127. The third-order valence-electron chi connectivity index (χ3n) is 4.50. The van der Waals surface area contributed by atoms with Gasteiger partial charge in [-0.2, -0.15) is 0 Å². The van der Waals surface area contributed by atoms with Gasteiger partial charge < -0.3 is 5.32 Å². The van der Waals surface area contributed by atoms with Crippen molar-refractivity contribution in [3.05, 3.63) is 92.3 Å². The number of amides is 1. The van der Waals surface area contributed by atoms with E-state index in [1.54, 1.807) is 10.6 Å². The first-order valence-corrected chi connectivity index (χ1v) is 11.3. The van der Waals surface area contributed by atoms with Crippen LogP contribution in [0.4, 0.5) is 5.69 Å². The molecule has 0 bridgehead atoms. The second kappa shape index (κ2) is 9.01. The van der Waals surface area contributed by atoms with Crippen LogP contribution in [0.1, 0.15) is 5.56 Å². The maximum absolute atomic E-state index is 13.2. The number of fused-ring (bicyclic) bond motifs is 1. The van der Waals surface area contributed by atoms with Gasteiger partial charge in [-0.3, -0.25) is 14.2 Å². The van der Waals surface area contributed by atoms with Crippen LogP contribution in [0, 0.1) is 10.5 Å². The van der Waals surface area contributed by atoms with Crippen LogP contribution in [0.25, 0.3) is 16.6 Å². The van der Waals surface area contributed by atoms with Crippen LogP contribution in [0.15, 0.2) is 82.7 Å². The zero-order valence-corrected chi connectivity index (χ0v) is 19.1. The number of hydrogen-bond donors (Lipinski definition) is 1. The number of hydrogen-bond acceptors (Lipinski definition) is 4. The van der Waals surface area contributed by atoms with Gasteiger partial charge >= 0.3 is 0 Å². The lowest BCUT2D eigenvalue weighted by molar-refractivity contribution is -0.113. The topological polar surface area (TPSA) is 64.0 Å². The summed E-state index contributed by atoms with van der Waals surface area (Å²) in [5, 5.41) is 3.91. The minimum absolute atomic E-state index is 0.141. The number of carbonyl (C=O) groups is 1. The molecule has 0 radical (unpaired) electrons. The molecule has 0 fully saturated rings. The van der Waals surface area contributed by atoms with E-state index in [2.05, 4.69) is 32.9 Å². The quantitative estimate of drug-likeness (QED) is 0.225. The molecule has 1 N–H and O–H groups in total. The summed E-state index contributed by atoms with van der Waals surface area (Å²) in [6, 6.07) is 22.5. The first kappa shape index (κ1) is 20.6. The van der Waals surface area contributed by atoms with Gasteiger partial charge in [0.25, 0.3) is 5.56 Å². The van der Waals surface area contributed by atoms with Crippen LogP contribution in [0.3, 0.4) is 0 Å². The lowest BCUT2D eigenvalue weighted by Crippen LogP contribution is -2.23. The summed E-state index contributed by atoms with van der Waals surface area (Å²) in [4.78, 5) is 30.3. The van der Waals surface area contributed by atoms with Crippen LogP contribution >= 0.6 is 34.4 Å². The predicted octanol–water partition coefficient (Wildman–Crippen LogP) is 5.03. The third kappa shape index (κ3) is 4.57. The van der Waals surface area contributed by atoms with Crippen molar-refractivity contribution in [1.82, 2.24) is 9.55 Å². The second-order valence-electron chi connectivity index (χ2n) is 6.73. The zero-order valence-electron chi connectivity index (χ0n) is 16.1. The van der Waals surface area contributed by atoms with Crippen LogP contribution in [-0.4, -0.2) is 21.2 Å². The Kier molecular flexibility index (Phi) is 6.19. The maximum atomic E-state index is 13.2. The van der Waals surface area contributed by atoms with Gasteiger partial charge in [-0.25, -0.2) is 4.98 Å². The Bertz CT molecular complexity index is 1270. The fourth-order valence-corrected chi connectivity index (χ4v) is 4.16. The molecule has 0 atom stereocenters. The smallest absolute Gasteiger partial charge is 0.266 e. The first-order valence-electron chi connectivity index (χ1n) is 9.28. The summed E-state index contributed by atoms with van der Waals surface area (Å²) in [7, 11) is 0. The highest BCUT2D eigenvalue weighted by molar-refractivity contribution is 14.1. The van der Waals surface area contributed by atoms with Gasteiger partial charge in [0.1, 0.15) is 0 Å². The molecular weight excluding hydrogens is 509 g/mol. The molecule has 0 saturated carbocycles. The van der Waals surface area contributed by atoms with E-state index in [4.69, 9.17) is 0 Å². The van der Waals surface area contributed by atoms with E-state index in [0.717, 1.165) is 20.5 Å². The van der Waals surface area contributed by atoms with E-state index in [0.29, 0.717) is 16.1 Å². The van der Waals surface area contributed by atoms with Crippen LogP contribution < -0.4 is 10.9 Å². The number of aromatic nitrogens is 2. The number of anilines is 1. The molecule has 0 aliphatic rings. The van der Waals surface area contributed by atoms with E-state index in [-0.39, 0.29) is 17.2 Å². The fourth-order valence-electron chi connectivity index (χ4n) is 2.99. The lowest BCUT2D eigenvalue weighted by atomic mass is 10.2.